The summed E-state index contributed by atoms with van der Waals surface area (Å²) in [5.41, 5.74) is 6.96. The fourth-order valence-corrected chi connectivity index (χ4v) is 7.77. The number of imide groups is 1. The van der Waals surface area contributed by atoms with Crippen LogP contribution in [0.4, 0.5) is 0 Å². The summed E-state index contributed by atoms with van der Waals surface area (Å²) < 4.78 is 0. The number of rotatable bonds is 8. The molecule has 0 spiro atoms. The lowest BCUT2D eigenvalue weighted by atomic mass is 9.48. The van der Waals surface area contributed by atoms with E-state index in [0.29, 0.717) is 18.7 Å². The van der Waals surface area contributed by atoms with Crippen molar-refractivity contribution in [3.8, 4) is 0 Å². The van der Waals surface area contributed by atoms with Crippen molar-refractivity contribution >= 4 is 17.6 Å². The van der Waals surface area contributed by atoms with E-state index in [1.807, 2.05) is 44.2 Å². The maximum atomic E-state index is 13.9. The predicted octanol–water partition coefficient (Wildman–Crippen LogP) is 3.78. The maximum Gasteiger partial charge on any atom is 0.246 e. The first-order valence-corrected chi connectivity index (χ1v) is 13.7. The Morgan fingerprint density at radius 3 is 2.20 bits per heavy atom. The van der Waals surface area contributed by atoms with Crippen molar-refractivity contribution in [2.75, 3.05) is 13.1 Å². The summed E-state index contributed by atoms with van der Waals surface area (Å²) in [7, 11) is 0. The van der Waals surface area contributed by atoms with Crippen molar-refractivity contribution in [1.29, 1.82) is 0 Å². The molecule has 0 radical (unpaired) electrons. The topological polar surface area (TPSA) is 83.7 Å². The minimum atomic E-state index is -0.730. The van der Waals surface area contributed by atoms with Crippen LogP contribution >= 0.6 is 0 Å². The standard InChI is InChI=1S/C29H41N3O3/c1-19(2)26(30)28(35)32(17-20-7-4-3-5-8-20)27(34)24-9-6-10-31(24)18-25(33)29-14-21-11-22(15-29)13-23(12-21)16-29/h3-5,7-8,19,21-24,26H,6,9-18,30H2,1-2H3/t21?,22?,23?,24-,26-,29?/m0/s1. The van der Waals surface area contributed by atoms with Gasteiger partial charge >= 0.3 is 0 Å². The first-order chi connectivity index (χ1) is 16.8. The van der Waals surface area contributed by atoms with Gasteiger partial charge in [-0.15, -0.1) is 0 Å². The van der Waals surface area contributed by atoms with Gasteiger partial charge in [-0.3, -0.25) is 24.2 Å². The summed E-state index contributed by atoms with van der Waals surface area (Å²) in [4.78, 5) is 44.4. The summed E-state index contributed by atoms with van der Waals surface area (Å²) in [6, 6.07) is 8.44. The van der Waals surface area contributed by atoms with Crippen molar-refractivity contribution in [3.05, 3.63) is 35.9 Å². The Kier molecular flexibility index (Phi) is 6.88. The van der Waals surface area contributed by atoms with Crippen LogP contribution in [0.15, 0.2) is 30.3 Å². The third-order valence-electron chi connectivity index (χ3n) is 9.34. The highest BCUT2D eigenvalue weighted by Gasteiger charge is 2.54. The van der Waals surface area contributed by atoms with Crippen LogP contribution in [0.1, 0.15) is 70.8 Å². The normalized spacial score (nSPS) is 32.7. The fraction of sp³-hybridized carbons (Fsp3) is 0.690. The lowest BCUT2D eigenvalue weighted by Crippen LogP contribution is -2.56. The Labute approximate surface area is 209 Å². The number of hydrogen-bond acceptors (Lipinski definition) is 5. The Balaban J connectivity index is 1.32. The van der Waals surface area contributed by atoms with E-state index in [9.17, 15) is 14.4 Å². The van der Waals surface area contributed by atoms with Crippen LogP contribution < -0.4 is 5.73 Å². The number of carbonyl (C=O) groups excluding carboxylic acids is 3. The van der Waals surface area contributed by atoms with E-state index in [1.165, 1.54) is 24.2 Å². The molecule has 1 aromatic rings. The number of likely N-dealkylation sites (tertiary alicyclic amines) is 1. The molecule has 0 aromatic heterocycles. The van der Waals surface area contributed by atoms with E-state index in [1.54, 1.807) is 0 Å². The lowest BCUT2D eigenvalue weighted by molar-refractivity contribution is -0.151. The monoisotopic (exact) mass is 479 g/mol. The smallest absolute Gasteiger partial charge is 0.246 e. The molecular weight excluding hydrogens is 438 g/mol. The lowest BCUT2D eigenvalue weighted by Gasteiger charge is -2.56. The van der Waals surface area contributed by atoms with Crippen molar-refractivity contribution in [1.82, 2.24) is 9.80 Å². The number of nitrogens with zero attached hydrogens (tertiary/aromatic N) is 2. The van der Waals surface area contributed by atoms with Gasteiger partial charge in [0.2, 0.25) is 11.8 Å². The second kappa shape index (κ2) is 9.78. The van der Waals surface area contributed by atoms with Gasteiger partial charge in [-0.05, 0) is 87.1 Å². The van der Waals surface area contributed by atoms with Crippen LogP contribution in [-0.2, 0) is 20.9 Å². The van der Waals surface area contributed by atoms with E-state index < -0.39 is 12.1 Å². The molecule has 2 atom stereocenters. The van der Waals surface area contributed by atoms with Gasteiger partial charge in [0, 0.05) is 5.41 Å². The van der Waals surface area contributed by atoms with Gasteiger partial charge in [0.25, 0.3) is 0 Å². The number of carbonyl (C=O) groups is 3. The van der Waals surface area contributed by atoms with Crippen LogP contribution in [0, 0.1) is 29.1 Å². The molecule has 2 N–H and O–H groups in total. The number of benzene rings is 1. The highest BCUT2D eigenvalue weighted by molar-refractivity contribution is 6.00. The second-order valence-electron chi connectivity index (χ2n) is 12.3. The van der Waals surface area contributed by atoms with Crippen LogP contribution in [-0.4, -0.2) is 52.6 Å². The molecule has 6 heteroatoms. The van der Waals surface area contributed by atoms with E-state index in [4.69, 9.17) is 5.73 Å². The van der Waals surface area contributed by atoms with Crippen molar-refractivity contribution in [2.45, 2.75) is 83.8 Å². The van der Waals surface area contributed by atoms with Crippen LogP contribution in [0.5, 0.6) is 0 Å². The van der Waals surface area contributed by atoms with E-state index >= 15 is 0 Å². The summed E-state index contributed by atoms with van der Waals surface area (Å²) in [6.45, 7) is 5.09. The third-order valence-corrected chi connectivity index (χ3v) is 9.34. The van der Waals surface area contributed by atoms with Gasteiger partial charge in [0.1, 0.15) is 0 Å². The molecule has 2 amide bonds. The average Bonchev–Trinajstić information content (AvgIpc) is 3.29. The number of Topliss-reactive ketones (excluding diaryl/α,β-unsaturated/α-hetero) is 1. The molecule has 5 fully saturated rings. The minimum Gasteiger partial charge on any atom is -0.320 e. The van der Waals surface area contributed by atoms with Crippen molar-refractivity contribution in [2.24, 2.45) is 34.8 Å². The maximum absolute atomic E-state index is 13.9. The van der Waals surface area contributed by atoms with Gasteiger partial charge in [-0.1, -0.05) is 44.2 Å². The summed E-state index contributed by atoms with van der Waals surface area (Å²) in [6.07, 6.45) is 8.62. The molecule has 4 bridgehead atoms. The molecular formula is C29H41N3O3. The Bertz CT molecular complexity index is 924. The van der Waals surface area contributed by atoms with E-state index in [0.717, 1.165) is 55.5 Å². The first-order valence-electron chi connectivity index (χ1n) is 13.7. The van der Waals surface area contributed by atoms with Gasteiger partial charge in [0.15, 0.2) is 5.78 Å². The predicted molar refractivity (Wildman–Crippen MR) is 135 cm³/mol. The zero-order chi connectivity index (χ0) is 24.7. The SMILES string of the molecule is CC(C)[C@H](N)C(=O)N(Cc1ccccc1)C(=O)[C@@H]1CCCN1CC(=O)C12CC3CC(CC(C3)C1)C2. The number of nitrogens with two attached hydrogens (primary N) is 1. The van der Waals surface area contributed by atoms with Gasteiger partial charge in [-0.25, -0.2) is 0 Å². The first kappa shape index (κ1) is 24.6. The Morgan fingerprint density at radius 1 is 1.03 bits per heavy atom. The van der Waals surface area contributed by atoms with Gasteiger partial charge < -0.3 is 5.73 Å². The molecule has 4 aliphatic carbocycles. The Morgan fingerprint density at radius 2 is 1.63 bits per heavy atom. The summed E-state index contributed by atoms with van der Waals surface area (Å²) in [5, 5.41) is 0. The van der Waals surface area contributed by atoms with Crippen LogP contribution in [0.2, 0.25) is 0 Å². The average molecular weight is 480 g/mol. The van der Waals surface area contributed by atoms with Crippen LogP contribution in [0.25, 0.3) is 0 Å². The van der Waals surface area contributed by atoms with Crippen LogP contribution in [0.3, 0.4) is 0 Å². The highest BCUT2D eigenvalue weighted by Crippen LogP contribution is 2.60. The van der Waals surface area contributed by atoms with Crippen molar-refractivity contribution < 1.29 is 14.4 Å². The van der Waals surface area contributed by atoms with E-state index in [-0.39, 0.29) is 29.7 Å². The fourth-order valence-electron chi connectivity index (χ4n) is 7.77. The largest absolute Gasteiger partial charge is 0.320 e. The zero-order valence-electron chi connectivity index (χ0n) is 21.3. The Hall–Kier alpha value is -2.05. The number of hydrogen-bond donors (Lipinski definition) is 1. The molecule has 35 heavy (non-hydrogen) atoms. The number of amides is 2. The van der Waals surface area contributed by atoms with E-state index in [2.05, 4.69) is 4.90 Å². The summed E-state index contributed by atoms with van der Waals surface area (Å²) >= 11 is 0. The molecule has 0 unspecified atom stereocenters. The molecule has 1 heterocycles. The molecule has 1 aliphatic heterocycles. The molecule has 1 aromatic carbocycles. The quantitative estimate of drug-likeness (QED) is 0.614. The molecule has 6 nitrogen and oxygen atoms in total. The molecule has 5 aliphatic rings. The molecule has 190 valence electrons. The zero-order valence-corrected chi connectivity index (χ0v) is 21.3. The number of ketones is 1. The highest BCUT2D eigenvalue weighted by atomic mass is 16.2. The molecule has 4 saturated carbocycles. The molecule has 1 saturated heterocycles. The summed E-state index contributed by atoms with van der Waals surface area (Å²) in [5.74, 6) is 1.91. The van der Waals surface area contributed by atoms with Gasteiger partial charge in [-0.2, -0.15) is 0 Å². The minimum absolute atomic E-state index is 0.0640. The van der Waals surface area contributed by atoms with Gasteiger partial charge in [0.05, 0.1) is 25.2 Å². The van der Waals surface area contributed by atoms with Crippen molar-refractivity contribution in [3.63, 3.8) is 0 Å². The molecule has 6 rings (SSSR count). The third kappa shape index (κ3) is 4.84. The second-order valence-corrected chi connectivity index (χ2v) is 12.3.